The van der Waals surface area contributed by atoms with Crippen molar-refractivity contribution in [2.75, 3.05) is 13.1 Å². The van der Waals surface area contributed by atoms with E-state index in [0.29, 0.717) is 41.6 Å². The molecule has 6 heteroatoms. The zero-order valence-corrected chi connectivity index (χ0v) is 19.3. The number of nitrogens with zero attached hydrogens (tertiary/aromatic N) is 1. The summed E-state index contributed by atoms with van der Waals surface area (Å²) in [7, 11) is 0. The fraction of sp³-hybridized carbons (Fsp3) is 0.241. The van der Waals surface area contributed by atoms with E-state index in [4.69, 9.17) is 4.42 Å². The molecule has 1 saturated heterocycles. The van der Waals surface area contributed by atoms with Gasteiger partial charge in [0.15, 0.2) is 5.76 Å². The molecule has 35 heavy (non-hydrogen) atoms. The maximum Gasteiger partial charge on any atom is 0.287 e. The molecule has 176 valence electrons. The van der Waals surface area contributed by atoms with Crippen LogP contribution < -0.4 is 5.32 Å². The van der Waals surface area contributed by atoms with Crippen LogP contribution in [0.1, 0.15) is 32.9 Å². The van der Waals surface area contributed by atoms with Crippen LogP contribution in [0, 0.1) is 24.6 Å². The Morgan fingerprint density at radius 2 is 1.91 bits per heavy atom. The standard InChI is InChI=1S/C29H25FN2O3/c1-17-9-10-22(23(11-17)18-6-4-7-21(30)12-18)29(34)32-16-20-13-24(20)25(32)15-31-28(33)27-14-19-5-2-3-8-26(19)35-27/h2-12,14,20,24-25H,13,15-16H2,1H3,(H,31,33)/t20-,24-,25-/m1/s1. The molecule has 6 rings (SSSR count). The lowest BCUT2D eigenvalue weighted by Crippen LogP contribution is -2.45. The second-order valence-electron chi connectivity index (χ2n) is 9.60. The third kappa shape index (κ3) is 3.99. The maximum atomic E-state index is 13.9. The molecular weight excluding hydrogens is 443 g/mol. The van der Waals surface area contributed by atoms with Gasteiger partial charge in [-0.3, -0.25) is 9.59 Å². The second-order valence-corrected chi connectivity index (χ2v) is 9.60. The average Bonchev–Trinajstić information content (AvgIpc) is 3.33. The minimum Gasteiger partial charge on any atom is -0.451 e. The van der Waals surface area contributed by atoms with Crippen molar-refractivity contribution in [3.05, 3.63) is 95.5 Å². The quantitative estimate of drug-likeness (QED) is 0.424. The summed E-state index contributed by atoms with van der Waals surface area (Å²) in [6.07, 6.45) is 1.07. The van der Waals surface area contributed by atoms with Gasteiger partial charge in [-0.2, -0.15) is 0 Å². The first-order chi connectivity index (χ1) is 17.0. The van der Waals surface area contributed by atoms with Gasteiger partial charge in [0.25, 0.3) is 11.8 Å². The van der Waals surface area contributed by atoms with Crippen molar-refractivity contribution in [2.24, 2.45) is 11.8 Å². The van der Waals surface area contributed by atoms with Crippen LogP contribution in [0.5, 0.6) is 0 Å². The second kappa shape index (κ2) is 8.38. The molecular formula is C29H25FN2O3. The first-order valence-corrected chi connectivity index (χ1v) is 11.9. The molecule has 0 bridgehead atoms. The van der Waals surface area contributed by atoms with Gasteiger partial charge in [-0.05, 0) is 66.6 Å². The van der Waals surface area contributed by atoms with E-state index in [2.05, 4.69) is 5.32 Å². The van der Waals surface area contributed by atoms with Gasteiger partial charge < -0.3 is 14.6 Å². The van der Waals surface area contributed by atoms with E-state index in [-0.39, 0.29) is 29.4 Å². The molecule has 2 fully saturated rings. The lowest BCUT2D eigenvalue weighted by molar-refractivity contribution is 0.0694. The molecule has 3 aromatic carbocycles. The van der Waals surface area contributed by atoms with Crippen molar-refractivity contribution in [3.8, 4) is 11.1 Å². The summed E-state index contributed by atoms with van der Waals surface area (Å²) in [6, 6.07) is 21.1. The van der Waals surface area contributed by atoms with E-state index in [1.807, 2.05) is 60.4 Å². The number of amides is 2. The van der Waals surface area contributed by atoms with Crippen LogP contribution in [0.4, 0.5) is 4.39 Å². The van der Waals surface area contributed by atoms with E-state index in [0.717, 1.165) is 22.9 Å². The number of carbonyl (C=O) groups is 2. The molecule has 1 N–H and O–H groups in total. The molecule has 1 saturated carbocycles. The number of rotatable bonds is 5. The SMILES string of the molecule is Cc1ccc(C(=O)N2C[C@H]3C[C@H]3[C@H]2CNC(=O)c2cc3ccccc3o2)c(-c2cccc(F)c2)c1. The molecule has 3 atom stereocenters. The highest BCUT2D eigenvalue weighted by atomic mass is 19.1. The monoisotopic (exact) mass is 468 g/mol. The molecule has 0 spiro atoms. The van der Waals surface area contributed by atoms with Crippen molar-refractivity contribution in [2.45, 2.75) is 19.4 Å². The first-order valence-electron chi connectivity index (χ1n) is 11.9. The van der Waals surface area contributed by atoms with Gasteiger partial charge in [0.2, 0.25) is 0 Å². The summed E-state index contributed by atoms with van der Waals surface area (Å²) in [5, 5.41) is 3.86. The highest BCUT2D eigenvalue weighted by molar-refractivity contribution is 6.01. The van der Waals surface area contributed by atoms with Crippen molar-refractivity contribution in [1.29, 1.82) is 0 Å². The molecule has 4 aromatic rings. The highest BCUT2D eigenvalue weighted by Crippen LogP contribution is 2.50. The van der Waals surface area contributed by atoms with Crippen molar-refractivity contribution in [1.82, 2.24) is 10.2 Å². The molecule has 1 aromatic heterocycles. The molecule has 1 aliphatic carbocycles. The topological polar surface area (TPSA) is 62.6 Å². The number of aryl methyl sites for hydroxylation is 1. The van der Waals surface area contributed by atoms with Gasteiger partial charge in [0.05, 0.1) is 6.04 Å². The number of carbonyl (C=O) groups excluding carboxylic acids is 2. The van der Waals surface area contributed by atoms with Crippen LogP contribution in [-0.4, -0.2) is 35.8 Å². The maximum absolute atomic E-state index is 13.9. The molecule has 2 aliphatic rings. The Balaban J connectivity index is 1.23. The Labute approximate surface area is 202 Å². The van der Waals surface area contributed by atoms with E-state index >= 15 is 0 Å². The fourth-order valence-electron chi connectivity index (χ4n) is 5.34. The van der Waals surface area contributed by atoms with E-state index < -0.39 is 0 Å². The van der Waals surface area contributed by atoms with Crippen molar-refractivity contribution >= 4 is 22.8 Å². The van der Waals surface area contributed by atoms with Crippen LogP contribution in [0.3, 0.4) is 0 Å². The predicted octanol–water partition coefficient (Wildman–Crippen LogP) is 5.44. The molecule has 1 aliphatic heterocycles. The minimum atomic E-state index is -0.337. The Morgan fingerprint density at radius 1 is 1.06 bits per heavy atom. The van der Waals surface area contributed by atoms with Crippen LogP contribution in [0.2, 0.25) is 0 Å². The first kappa shape index (κ1) is 21.6. The van der Waals surface area contributed by atoms with Gasteiger partial charge in [0.1, 0.15) is 11.4 Å². The summed E-state index contributed by atoms with van der Waals surface area (Å²) in [5.41, 5.74) is 3.62. The zero-order chi connectivity index (χ0) is 24.1. The van der Waals surface area contributed by atoms with E-state index in [9.17, 15) is 14.0 Å². The van der Waals surface area contributed by atoms with Gasteiger partial charge >= 0.3 is 0 Å². The van der Waals surface area contributed by atoms with Crippen LogP contribution in [0.15, 0.2) is 77.2 Å². The molecule has 2 amide bonds. The third-order valence-corrected chi connectivity index (χ3v) is 7.23. The average molecular weight is 469 g/mol. The Kier molecular flexibility index (Phi) is 5.17. The summed E-state index contributed by atoms with van der Waals surface area (Å²) in [5.74, 6) is 0.415. The van der Waals surface area contributed by atoms with Crippen LogP contribution in [-0.2, 0) is 0 Å². The Hall–Kier alpha value is -3.93. The predicted molar refractivity (Wildman–Crippen MR) is 132 cm³/mol. The number of hydrogen-bond donors (Lipinski definition) is 1. The van der Waals surface area contributed by atoms with Gasteiger partial charge in [0, 0.05) is 24.0 Å². The number of likely N-dealkylation sites (tertiary alicyclic amines) is 1. The lowest BCUT2D eigenvalue weighted by atomic mass is 9.96. The van der Waals surface area contributed by atoms with Crippen molar-refractivity contribution < 1.29 is 18.4 Å². The third-order valence-electron chi connectivity index (χ3n) is 7.23. The molecule has 2 heterocycles. The normalized spacial score (nSPS) is 20.6. The van der Waals surface area contributed by atoms with Gasteiger partial charge in [-0.15, -0.1) is 0 Å². The lowest BCUT2D eigenvalue weighted by Gasteiger charge is -2.28. The van der Waals surface area contributed by atoms with Crippen molar-refractivity contribution in [3.63, 3.8) is 0 Å². The molecule has 5 nitrogen and oxygen atoms in total. The van der Waals surface area contributed by atoms with Crippen LogP contribution >= 0.6 is 0 Å². The number of halogens is 1. The number of fused-ring (bicyclic) bond motifs is 2. The Bertz CT molecular complexity index is 1430. The smallest absolute Gasteiger partial charge is 0.287 e. The zero-order valence-electron chi connectivity index (χ0n) is 19.3. The van der Waals surface area contributed by atoms with Crippen LogP contribution in [0.25, 0.3) is 22.1 Å². The highest BCUT2D eigenvalue weighted by Gasteiger charge is 2.54. The summed E-state index contributed by atoms with van der Waals surface area (Å²) in [6.45, 7) is 2.99. The largest absolute Gasteiger partial charge is 0.451 e. The number of furan rings is 1. The van der Waals surface area contributed by atoms with E-state index in [1.54, 1.807) is 12.1 Å². The van der Waals surface area contributed by atoms with Gasteiger partial charge in [-0.1, -0.05) is 48.0 Å². The summed E-state index contributed by atoms with van der Waals surface area (Å²) in [4.78, 5) is 28.4. The number of para-hydroxylation sites is 1. The summed E-state index contributed by atoms with van der Waals surface area (Å²) >= 11 is 0. The summed E-state index contributed by atoms with van der Waals surface area (Å²) < 4.78 is 19.6. The number of hydrogen-bond acceptors (Lipinski definition) is 3. The number of nitrogens with one attached hydrogen (secondary N) is 1. The minimum absolute atomic E-state index is 0.0810. The number of benzene rings is 3. The number of piperidine rings is 1. The Morgan fingerprint density at radius 3 is 2.74 bits per heavy atom. The van der Waals surface area contributed by atoms with E-state index in [1.165, 1.54) is 12.1 Å². The fourth-order valence-corrected chi connectivity index (χ4v) is 5.34. The van der Waals surface area contributed by atoms with Gasteiger partial charge in [-0.25, -0.2) is 4.39 Å². The molecule has 0 radical (unpaired) electrons. The molecule has 0 unspecified atom stereocenters.